The van der Waals surface area contributed by atoms with Crippen LogP contribution < -0.4 is 5.32 Å². The molecule has 0 bridgehead atoms. The molecule has 1 aliphatic carbocycles. The van der Waals surface area contributed by atoms with Crippen LogP contribution in [0.3, 0.4) is 0 Å². The minimum absolute atomic E-state index is 0.0174. The first-order chi connectivity index (χ1) is 6.13. The molecular weight excluding hydrogens is 164 g/mol. The minimum Gasteiger partial charge on any atom is -0.338 e. The van der Waals surface area contributed by atoms with E-state index in [-0.39, 0.29) is 11.8 Å². The van der Waals surface area contributed by atoms with Gasteiger partial charge in [-0.3, -0.25) is 4.79 Å². The van der Waals surface area contributed by atoms with Crippen LogP contribution in [0.4, 0.5) is 0 Å². The molecule has 1 fully saturated rings. The fourth-order valence-corrected chi connectivity index (χ4v) is 1.34. The molecule has 72 valence electrons. The maximum Gasteiger partial charge on any atom is 0.224 e. The lowest BCUT2D eigenvalue weighted by atomic mass is 9.77. The van der Waals surface area contributed by atoms with Crippen LogP contribution in [0.2, 0.25) is 0 Å². The van der Waals surface area contributed by atoms with E-state index in [0.717, 1.165) is 25.7 Å². The highest BCUT2D eigenvalue weighted by Crippen LogP contribution is 2.31. The number of hydrogen-bond donors (Lipinski definition) is 1. The summed E-state index contributed by atoms with van der Waals surface area (Å²) < 4.78 is 0. The average Bonchev–Trinajstić information content (AvgIpc) is 2.09. The van der Waals surface area contributed by atoms with Gasteiger partial charge in [0.05, 0.1) is 6.07 Å². The smallest absolute Gasteiger partial charge is 0.224 e. The maximum absolute atomic E-state index is 11.5. The van der Waals surface area contributed by atoms with Crippen LogP contribution in [0.1, 0.15) is 39.5 Å². The molecule has 0 aromatic rings. The van der Waals surface area contributed by atoms with Crippen molar-refractivity contribution >= 4 is 5.91 Å². The molecule has 1 rings (SSSR count). The van der Waals surface area contributed by atoms with Gasteiger partial charge in [-0.25, -0.2) is 0 Å². The second kappa shape index (κ2) is 3.78. The van der Waals surface area contributed by atoms with Gasteiger partial charge in [-0.05, 0) is 25.7 Å². The highest BCUT2D eigenvalue weighted by molar-refractivity contribution is 5.79. The third-order valence-electron chi connectivity index (χ3n) is 2.84. The van der Waals surface area contributed by atoms with Crippen LogP contribution in [-0.4, -0.2) is 11.4 Å². The van der Waals surface area contributed by atoms with Crippen LogP contribution in [-0.2, 0) is 4.79 Å². The molecule has 0 aromatic heterocycles. The number of rotatable bonds is 3. The Bertz CT molecular complexity index is 238. The van der Waals surface area contributed by atoms with Gasteiger partial charge in [-0.1, -0.05) is 13.8 Å². The minimum atomic E-state index is -0.527. The van der Waals surface area contributed by atoms with Crippen LogP contribution in [0.15, 0.2) is 0 Å². The number of hydrogen-bond acceptors (Lipinski definition) is 2. The van der Waals surface area contributed by atoms with Crippen LogP contribution in [0.5, 0.6) is 0 Å². The molecular formula is C10H16N2O. The summed E-state index contributed by atoms with van der Waals surface area (Å²) in [4.78, 5) is 11.5. The topological polar surface area (TPSA) is 52.9 Å². The Morgan fingerprint density at radius 1 is 1.69 bits per heavy atom. The molecule has 1 aliphatic rings. The summed E-state index contributed by atoms with van der Waals surface area (Å²) in [7, 11) is 0. The van der Waals surface area contributed by atoms with Gasteiger partial charge in [0, 0.05) is 5.92 Å². The Labute approximate surface area is 79.1 Å². The molecule has 0 aliphatic heterocycles. The van der Waals surface area contributed by atoms with E-state index in [1.807, 2.05) is 13.8 Å². The van der Waals surface area contributed by atoms with Crippen molar-refractivity contribution in [2.45, 2.75) is 45.1 Å². The largest absolute Gasteiger partial charge is 0.338 e. The van der Waals surface area contributed by atoms with Gasteiger partial charge < -0.3 is 5.32 Å². The summed E-state index contributed by atoms with van der Waals surface area (Å²) >= 11 is 0. The van der Waals surface area contributed by atoms with E-state index < -0.39 is 5.54 Å². The van der Waals surface area contributed by atoms with Gasteiger partial charge in [-0.2, -0.15) is 5.26 Å². The van der Waals surface area contributed by atoms with Gasteiger partial charge in [-0.15, -0.1) is 0 Å². The molecule has 1 atom stereocenters. The summed E-state index contributed by atoms with van der Waals surface area (Å²) in [6.45, 7) is 3.86. The molecule has 0 heterocycles. The Kier molecular flexibility index (Phi) is 2.92. The van der Waals surface area contributed by atoms with Gasteiger partial charge >= 0.3 is 0 Å². The van der Waals surface area contributed by atoms with Crippen molar-refractivity contribution in [3.8, 4) is 6.07 Å². The molecule has 3 nitrogen and oxygen atoms in total. The SMILES string of the molecule is CCC(C)C(=O)NC1(C#N)CCC1. The fraction of sp³-hybridized carbons (Fsp3) is 0.800. The van der Waals surface area contributed by atoms with Gasteiger partial charge in [0.15, 0.2) is 0 Å². The van der Waals surface area contributed by atoms with Crippen LogP contribution in [0, 0.1) is 17.2 Å². The summed E-state index contributed by atoms with van der Waals surface area (Å²) in [6.07, 6.45) is 3.50. The average molecular weight is 180 g/mol. The Morgan fingerprint density at radius 2 is 2.31 bits per heavy atom. The van der Waals surface area contributed by atoms with Gasteiger partial charge in [0.25, 0.3) is 0 Å². The summed E-state index contributed by atoms with van der Waals surface area (Å²) in [6, 6.07) is 2.19. The van der Waals surface area contributed by atoms with Crippen molar-refractivity contribution in [2.75, 3.05) is 0 Å². The van der Waals surface area contributed by atoms with E-state index in [0.29, 0.717) is 0 Å². The van der Waals surface area contributed by atoms with E-state index in [4.69, 9.17) is 5.26 Å². The van der Waals surface area contributed by atoms with E-state index in [1.54, 1.807) is 0 Å². The first-order valence-electron chi connectivity index (χ1n) is 4.87. The van der Waals surface area contributed by atoms with Crippen molar-refractivity contribution in [3.63, 3.8) is 0 Å². The third kappa shape index (κ3) is 2.00. The fourth-order valence-electron chi connectivity index (χ4n) is 1.34. The molecule has 0 radical (unpaired) electrons. The lowest BCUT2D eigenvalue weighted by Crippen LogP contribution is -2.53. The van der Waals surface area contributed by atoms with E-state index in [9.17, 15) is 4.79 Å². The predicted octanol–water partition coefficient (Wildman–Crippen LogP) is 1.59. The first kappa shape index (κ1) is 10.0. The quantitative estimate of drug-likeness (QED) is 0.717. The molecule has 13 heavy (non-hydrogen) atoms. The first-order valence-corrected chi connectivity index (χ1v) is 4.87. The number of carbonyl (C=O) groups excluding carboxylic acids is 1. The highest BCUT2D eigenvalue weighted by atomic mass is 16.2. The van der Waals surface area contributed by atoms with E-state index in [2.05, 4.69) is 11.4 Å². The second-order valence-corrected chi connectivity index (χ2v) is 3.85. The van der Waals surface area contributed by atoms with Crippen molar-refractivity contribution in [3.05, 3.63) is 0 Å². The number of amides is 1. The van der Waals surface area contributed by atoms with Crippen LogP contribution in [0.25, 0.3) is 0 Å². The summed E-state index contributed by atoms with van der Waals surface area (Å²) in [5.74, 6) is 0.0366. The summed E-state index contributed by atoms with van der Waals surface area (Å²) in [5, 5.41) is 11.7. The Balaban J connectivity index is 2.48. The van der Waals surface area contributed by atoms with E-state index in [1.165, 1.54) is 0 Å². The van der Waals surface area contributed by atoms with E-state index >= 15 is 0 Å². The normalized spacial score (nSPS) is 21.0. The standard InChI is InChI=1S/C10H16N2O/c1-3-8(2)9(13)12-10(7-11)5-4-6-10/h8H,3-6H2,1-2H3,(H,12,13). The molecule has 1 amide bonds. The zero-order chi connectivity index (χ0) is 9.90. The zero-order valence-corrected chi connectivity index (χ0v) is 8.26. The lowest BCUT2D eigenvalue weighted by Gasteiger charge is -2.36. The second-order valence-electron chi connectivity index (χ2n) is 3.85. The van der Waals surface area contributed by atoms with Crippen molar-refractivity contribution in [1.82, 2.24) is 5.32 Å². The third-order valence-corrected chi connectivity index (χ3v) is 2.84. The molecule has 0 saturated heterocycles. The molecule has 1 N–H and O–H groups in total. The van der Waals surface area contributed by atoms with Crippen molar-refractivity contribution in [1.29, 1.82) is 5.26 Å². The maximum atomic E-state index is 11.5. The van der Waals surface area contributed by atoms with Crippen molar-refractivity contribution in [2.24, 2.45) is 5.92 Å². The number of nitriles is 1. The molecule has 3 heteroatoms. The lowest BCUT2D eigenvalue weighted by molar-refractivity contribution is -0.126. The molecule has 1 unspecified atom stereocenters. The van der Waals surface area contributed by atoms with Gasteiger partial charge in [0.1, 0.15) is 5.54 Å². The molecule has 0 aromatic carbocycles. The monoisotopic (exact) mass is 180 g/mol. The summed E-state index contributed by atoms with van der Waals surface area (Å²) in [5.41, 5.74) is -0.527. The Morgan fingerprint density at radius 3 is 2.62 bits per heavy atom. The van der Waals surface area contributed by atoms with Crippen LogP contribution >= 0.6 is 0 Å². The predicted molar refractivity (Wildman–Crippen MR) is 49.8 cm³/mol. The van der Waals surface area contributed by atoms with Gasteiger partial charge in [0.2, 0.25) is 5.91 Å². The Hall–Kier alpha value is -1.04. The number of nitrogens with one attached hydrogen (secondary N) is 1. The van der Waals surface area contributed by atoms with Crippen molar-refractivity contribution < 1.29 is 4.79 Å². The number of carbonyl (C=O) groups is 1. The zero-order valence-electron chi connectivity index (χ0n) is 8.26. The molecule has 1 saturated carbocycles. The number of nitrogens with zero attached hydrogens (tertiary/aromatic N) is 1. The molecule has 0 spiro atoms. The highest BCUT2D eigenvalue weighted by Gasteiger charge is 2.39.